The molecule has 26 heavy (non-hydrogen) atoms. The highest BCUT2D eigenvalue weighted by atomic mass is 32.1. The molecule has 0 saturated heterocycles. The number of benzene rings is 1. The van der Waals surface area contributed by atoms with Crippen LogP contribution in [0.1, 0.15) is 39.9 Å². The third kappa shape index (κ3) is 6.00. The van der Waals surface area contributed by atoms with Gasteiger partial charge in [0.1, 0.15) is 10.9 Å². The van der Waals surface area contributed by atoms with Crippen molar-refractivity contribution in [2.45, 2.75) is 38.8 Å². The van der Waals surface area contributed by atoms with Gasteiger partial charge < -0.3 is 15.7 Å². The monoisotopic (exact) mass is 374 g/mol. The molecule has 0 bridgehead atoms. The number of thiophene rings is 1. The van der Waals surface area contributed by atoms with Gasteiger partial charge in [0.25, 0.3) is 0 Å². The van der Waals surface area contributed by atoms with Crippen LogP contribution in [-0.4, -0.2) is 28.9 Å². The van der Waals surface area contributed by atoms with E-state index in [1.54, 1.807) is 6.07 Å². The summed E-state index contributed by atoms with van der Waals surface area (Å²) in [5.41, 5.74) is 0.889. The molecule has 3 N–H and O–H groups in total. The molecule has 6 nitrogen and oxygen atoms in total. The first kappa shape index (κ1) is 19.7. The topological polar surface area (TPSA) is 95.5 Å². The first-order valence-electron chi connectivity index (χ1n) is 8.42. The minimum atomic E-state index is -0.982. The van der Waals surface area contributed by atoms with Gasteiger partial charge >= 0.3 is 5.97 Å². The number of aromatic carboxylic acids is 1. The number of carbonyl (C=O) groups is 3. The van der Waals surface area contributed by atoms with Crippen molar-refractivity contribution >= 4 is 29.1 Å². The van der Waals surface area contributed by atoms with Crippen LogP contribution in [0.15, 0.2) is 42.5 Å². The van der Waals surface area contributed by atoms with Gasteiger partial charge in [0.2, 0.25) is 11.8 Å². The first-order chi connectivity index (χ1) is 12.5. The van der Waals surface area contributed by atoms with Crippen molar-refractivity contribution in [1.29, 1.82) is 0 Å². The van der Waals surface area contributed by atoms with E-state index < -0.39 is 12.0 Å². The quantitative estimate of drug-likeness (QED) is 0.629. The van der Waals surface area contributed by atoms with Gasteiger partial charge in [-0.15, -0.1) is 11.3 Å². The Morgan fingerprint density at radius 3 is 2.46 bits per heavy atom. The number of rotatable bonds is 9. The summed E-state index contributed by atoms with van der Waals surface area (Å²) in [6.45, 7) is 2.19. The lowest BCUT2D eigenvalue weighted by atomic mass is 10.1. The molecule has 2 aromatic rings. The lowest BCUT2D eigenvalue weighted by Crippen LogP contribution is -2.46. The number of hydrogen-bond acceptors (Lipinski definition) is 4. The Balaban J connectivity index is 1.89. The second kappa shape index (κ2) is 9.72. The Hall–Kier alpha value is -2.67. The SMILES string of the molecule is CCCC(NC(=O)Cc1ccccc1)C(=O)NCc1ccc(C(=O)O)s1. The molecule has 0 saturated carbocycles. The summed E-state index contributed by atoms with van der Waals surface area (Å²) in [4.78, 5) is 36.5. The van der Waals surface area contributed by atoms with Gasteiger partial charge in [0.05, 0.1) is 13.0 Å². The Kier molecular flexibility index (Phi) is 7.35. The summed E-state index contributed by atoms with van der Waals surface area (Å²) in [6.07, 6.45) is 1.52. The van der Waals surface area contributed by atoms with E-state index in [-0.39, 0.29) is 29.7 Å². The van der Waals surface area contributed by atoms with Gasteiger partial charge in [0.15, 0.2) is 0 Å². The van der Waals surface area contributed by atoms with E-state index in [1.807, 2.05) is 37.3 Å². The van der Waals surface area contributed by atoms with E-state index in [0.29, 0.717) is 6.42 Å². The summed E-state index contributed by atoms with van der Waals surface area (Å²) < 4.78 is 0. The minimum absolute atomic E-state index is 0.200. The number of nitrogens with one attached hydrogen (secondary N) is 2. The molecule has 1 aromatic heterocycles. The summed E-state index contributed by atoms with van der Waals surface area (Å²) in [7, 11) is 0. The van der Waals surface area contributed by atoms with E-state index in [2.05, 4.69) is 10.6 Å². The molecule has 1 aromatic carbocycles. The van der Waals surface area contributed by atoms with Crippen molar-refractivity contribution in [2.75, 3.05) is 0 Å². The fourth-order valence-electron chi connectivity index (χ4n) is 2.47. The van der Waals surface area contributed by atoms with Crippen LogP contribution in [-0.2, 0) is 22.6 Å². The molecule has 1 unspecified atom stereocenters. The normalized spacial score (nSPS) is 11.6. The number of amides is 2. The minimum Gasteiger partial charge on any atom is -0.477 e. The predicted octanol–water partition coefficient (Wildman–Crippen LogP) is 2.59. The van der Waals surface area contributed by atoms with Crippen LogP contribution >= 0.6 is 11.3 Å². The largest absolute Gasteiger partial charge is 0.477 e. The number of hydrogen-bond donors (Lipinski definition) is 3. The van der Waals surface area contributed by atoms with E-state index in [9.17, 15) is 14.4 Å². The van der Waals surface area contributed by atoms with Gasteiger partial charge in [-0.1, -0.05) is 43.7 Å². The van der Waals surface area contributed by atoms with Crippen LogP contribution in [0, 0.1) is 0 Å². The molecule has 0 aliphatic carbocycles. The Labute approximate surface area is 156 Å². The van der Waals surface area contributed by atoms with Crippen molar-refractivity contribution < 1.29 is 19.5 Å². The zero-order valence-electron chi connectivity index (χ0n) is 14.5. The highest BCUT2D eigenvalue weighted by Gasteiger charge is 2.20. The third-order valence-corrected chi connectivity index (χ3v) is 4.82. The molecule has 0 aliphatic heterocycles. The molecular weight excluding hydrogens is 352 g/mol. The van der Waals surface area contributed by atoms with Gasteiger partial charge in [-0.3, -0.25) is 9.59 Å². The molecule has 1 heterocycles. The summed E-state index contributed by atoms with van der Waals surface area (Å²) in [5.74, 6) is -1.45. The van der Waals surface area contributed by atoms with Crippen molar-refractivity contribution in [1.82, 2.24) is 10.6 Å². The second-order valence-corrected chi connectivity index (χ2v) is 7.03. The van der Waals surface area contributed by atoms with Crippen molar-refractivity contribution in [3.63, 3.8) is 0 Å². The molecule has 0 fully saturated rings. The van der Waals surface area contributed by atoms with Gasteiger partial charge in [0, 0.05) is 4.88 Å². The van der Waals surface area contributed by atoms with E-state index >= 15 is 0 Å². The maximum absolute atomic E-state index is 12.4. The molecule has 0 spiro atoms. The van der Waals surface area contributed by atoms with E-state index in [0.717, 1.165) is 28.2 Å². The third-order valence-electron chi connectivity index (χ3n) is 3.75. The van der Waals surface area contributed by atoms with Crippen LogP contribution in [0.3, 0.4) is 0 Å². The Morgan fingerprint density at radius 2 is 1.85 bits per heavy atom. The average molecular weight is 374 g/mol. The molecule has 1 atom stereocenters. The summed E-state index contributed by atoms with van der Waals surface area (Å²) in [5, 5.41) is 14.5. The van der Waals surface area contributed by atoms with E-state index in [1.165, 1.54) is 6.07 Å². The van der Waals surface area contributed by atoms with Crippen LogP contribution in [0.25, 0.3) is 0 Å². The highest BCUT2D eigenvalue weighted by molar-refractivity contribution is 7.13. The fourth-order valence-corrected chi connectivity index (χ4v) is 3.26. The number of carboxylic acid groups (broad SMARTS) is 1. The molecule has 138 valence electrons. The average Bonchev–Trinajstić information content (AvgIpc) is 3.09. The van der Waals surface area contributed by atoms with Crippen molar-refractivity contribution in [3.05, 3.63) is 57.8 Å². The highest BCUT2D eigenvalue weighted by Crippen LogP contribution is 2.16. The van der Waals surface area contributed by atoms with Crippen molar-refractivity contribution in [2.24, 2.45) is 0 Å². The molecular formula is C19H22N2O4S. The first-order valence-corrected chi connectivity index (χ1v) is 9.24. The Bertz CT molecular complexity index is 758. The lowest BCUT2D eigenvalue weighted by molar-refractivity contribution is -0.129. The summed E-state index contributed by atoms with van der Waals surface area (Å²) >= 11 is 1.12. The molecule has 2 amide bonds. The molecule has 0 aliphatic rings. The smallest absolute Gasteiger partial charge is 0.345 e. The van der Waals surface area contributed by atoms with Gasteiger partial charge in [-0.05, 0) is 24.1 Å². The van der Waals surface area contributed by atoms with Gasteiger partial charge in [-0.2, -0.15) is 0 Å². The molecule has 0 radical (unpaired) electrons. The van der Waals surface area contributed by atoms with Crippen LogP contribution in [0.5, 0.6) is 0 Å². The standard InChI is InChI=1S/C19H22N2O4S/c1-2-6-15(21-17(22)11-13-7-4-3-5-8-13)18(23)20-12-14-9-10-16(26-14)19(24)25/h3-5,7-10,15H,2,6,11-12H2,1H3,(H,20,23)(H,21,22)(H,24,25). The van der Waals surface area contributed by atoms with E-state index in [4.69, 9.17) is 5.11 Å². The second-order valence-electron chi connectivity index (χ2n) is 5.86. The lowest BCUT2D eigenvalue weighted by Gasteiger charge is -2.17. The molecule has 7 heteroatoms. The maximum atomic E-state index is 12.4. The van der Waals surface area contributed by atoms with Crippen molar-refractivity contribution in [3.8, 4) is 0 Å². The predicted molar refractivity (Wildman–Crippen MR) is 100 cm³/mol. The zero-order valence-corrected chi connectivity index (χ0v) is 15.3. The molecule has 2 rings (SSSR count). The fraction of sp³-hybridized carbons (Fsp3) is 0.316. The number of carboxylic acids is 1. The van der Waals surface area contributed by atoms with Gasteiger partial charge in [-0.25, -0.2) is 4.79 Å². The maximum Gasteiger partial charge on any atom is 0.345 e. The van der Waals surface area contributed by atoms with Crippen LogP contribution in [0.4, 0.5) is 0 Å². The van der Waals surface area contributed by atoms with Crippen LogP contribution in [0.2, 0.25) is 0 Å². The van der Waals surface area contributed by atoms with Crippen LogP contribution < -0.4 is 10.6 Å². The Morgan fingerprint density at radius 1 is 1.12 bits per heavy atom. The number of carbonyl (C=O) groups excluding carboxylic acids is 2. The summed E-state index contributed by atoms with van der Waals surface area (Å²) in [6, 6.07) is 11.9. The zero-order chi connectivity index (χ0) is 18.9.